The van der Waals surface area contributed by atoms with Gasteiger partial charge in [-0.05, 0) is 29.8 Å². The second-order valence-electron chi connectivity index (χ2n) is 4.95. The summed E-state index contributed by atoms with van der Waals surface area (Å²) < 4.78 is 5.88. The molecule has 0 spiro atoms. The van der Waals surface area contributed by atoms with E-state index in [0.717, 1.165) is 5.56 Å². The molecular formula is C17H11Cl3N2O2S. The van der Waals surface area contributed by atoms with Crippen LogP contribution in [0.15, 0.2) is 41.5 Å². The molecule has 0 aliphatic carbocycles. The number of carbonyl (C=O) groups excluding carboxylic acids is 1. The number of carbonyl (C=O) groups is 1. The lowest BCUT2D eigenvalue weighted by atomic mass is 10.2. The number of amides is 1. The Bertz CT molecular complexity index is 968. The first-order valence-electron chi connectivity index (χ1n) is 7.04. The molecule has 3 rings (SSSR count). The van der Waals surface area contributed by atoms with Crippen LogP contribution in [0, 0.1) is 0 Å². The molecule has 0 aliphatic heterocycles. The first-order valence-corrected chi connectivity index (χ1v) is 8.99. The third-order valence-electron chi connectivity index (χ3n) is 3.38. The van der Waals surface area contributed by atoms with Gasteiger partial charge in [0.2, 0.25) is 0 Å². The molecule has 1 amide bonds. The topological polar surface area (TPSA) is 50.7 Å². The number of nitrogens with zero attached hydrogens (tertiary/aromatic N) is 1. The number of halogens is 3. The second kappa shape index (κ2) is 7.62. The monoisotopic (exact) mass is 412 g/mol. The molecule has 3 aromatic rings. The maximum atomic E-state index is 12.4. The van der Waals surface area contributed by atoms with Crippen LogP contribution in [0.25, 0.3) is 10.1 Å². The zero-order chi connectivity index (χ0) is 18.0. The second-order valence-corrected chi connectivity index (χ2v) is 7.17. The van der Waals surface area contributed by atoms with Gasteiger partial charge in [0, 0.05) is 10.4 Å². The maximum Gasteiger partial charge on any atom is 0.283 e. The van der Waals surface area contributed by atoms with Gasteiger partial charge in [-0.25, -0.2) is 5.43 Å². The Morgan fingerprint density at radius 1 is 1.12 bits per heavy atom. The van der Waals surface area contributed by atoms with E-state index >= 15 is 0 Å². The quantitative estimate of drug-likeness (QED) is 0.445. The number of methoxy groups -OCH3 is 1. The van der Waals surface area contributed by atoms with Crippen LogP contribution in [0.3, 0.4) is 0 Å². The van der Waals surface area contributed by atoms with E-state index in [1.165, 1.54) is 24.7 Å². The Morgan fingerprint density at radius 2 is 1.84 bits per heavy atom. The molecule has 8 heteroatoms. The summed E-state index contributed by atoms with van der Waals surface area (Å²) in [5, 5.41) is 6.03. The largest absolute Gasteiger partial charge is 0.495 e. The zero-order valence-corrected chi connectivity index (χ0v) is 15.9. The van der Waals surface area contributed by atoms with E-state index in [9.17, 15) is 4.79 Å². The van der Waals surface area contributed by atoms with E-state index in [2.05, 4.69) is 10.5 Å². The van der Waals surface area contributed by atoms with E-state index in [1.54, 1.807) is 36.4 Å². The van der Waals surface area contributed by atoms with E-state index in [-0.39, 0.29) is 0 Å². The lowest BCUT2D eigenvalue weighted by Gasteiger charge is -2.02. The fraction of sp³-hybridized carbons (Fsp3) is 0.0588. The molecular weight excluding hydrogens is 403 g/mol. The predicted octanol–water partition coefficient (Wildman–Crippen LogP) is 5.63. The number of hydrogen-bond acceptors (Lipinski definition) is 4. The molecule has 1 N–H and O–H groups in total. The number of ether oxygens (including phenoxy) is 1. The van der Waals surface area contributed by atoms with Crippen molar-refractivity contribution >= 4 is 68.3 Å². The normalized spacial score (nSPS) is 11.2. The molecule has 0 saturated heterocycles. The molecule has 1 heterocycles. The van der Waals surface area contributed by atoms with Gasteiger partial charge in [0.05, 0.1) is 23.0 Å². The molecule has 0 unspecified atom stereocenters. The minimum absolute atomic E-state index is 0.333. The highest BCUT2D eigenvalue weighted by Crippen LogP contribution is 2.42. The van der Waals surface area contributed by atoms with E-state index in [4.69, 9.17) is 39.5 Å². The van der Waals surface area contributed by atoms with Gasteiger partial charge in [0.1, 0.15) is 15.6 Å². The van der Waals surface area contributed by atoms with Crippen molar-refractivity contribution in [2.45, 2.75) is 0 Å². The van der Waals surface area contributed by atoms with E-state index in [1.807, 2.05) is 0 Å². The number of thiophene rings is 1. The number of hydrazone groups is 1. The third-order valence-corrected chi connectivity index (χ3v) is 5.84. The number of hydrogen-bond donors (Lipinski definition) is 1. The molecule has 0 atom stereocenters. The summed E-state index contributed by atoms with van der Waals surface area (Å²) in [4.78, 5) is 12.7. The molecule has 0 aliphatic rings. The molecule has 1 aromatic heterocycles. The van der Waals surface area contributed by atoms with Crippen LogP contribution in [0.2, 0.25) is 15.1 Å². The van der Waals surface area contributed by atoms with Crippen molar-refractivity contribution in [2.24, 2.45) is 5.10 Å². The van der Waals surface area contributed by atoms with Gasteiger partial charge in [0.25, 0.3) is 5.91 Å². The smallest absolute Gasteiger partial charge is 0.283 e. The van der Waals surface area contributed by atoms with Gasteiger partial charge in [-0.1, -0.05) is 46.9 Å². The minimum Gasteiger partial charge on any atom is -0.495 e. The Hall–Kier alpha value is -1.79. The molecule has 0 fully saturated rings. The van der Waals surface area contributed by atoms with Gasteiger partial charge in [-0.3, -0.25) is 4.79 Å². The van der Waals surface area contributed by atoms with Crippen LogP contribution in [0.5, 0.6) is 5.75 Å². The number of nitrogens with one attached hydrogen (secondary N) is 1. The standard InChI is InChI=1S/C17H11Cl3N2O2S/c1-24-12-7-6-11-13(19)16(25-15(11)14(12)20)17(23)22-21-8-9-2-4-10(18)5-3-9/h2-8H,1H3,(H,22,23)/b21-8+. The van der Waals surface area contributed by atoms with Crippen molar-refractivity contribution < 1.29 is 9.53 Å². The summed E-state index contributed by atoms with van der Waals surface area (Å²) in [7, 11) is 1.53. The highest BCUT2D eigenvalue weighted by Gasteiger charge is 2.20. The lowest BCUT2D eigenvalue weighted by Crippen LogP contribution is -2.16. The van der Waals surface area contributed by atoms with E-state index in [0.29, 0.717) is 35.8 Å². The fourth-order valence-electron chi connectivity index (χ4n) is 2.15. The van der Waals surface area contributed by atoms with Crippen molar-refractivity contribution in [3.63, 3.8) is 0 Å². The van der Waals surface area contributed by atoms with Crippen molar-refractivity contribution in [1.82, 2.24) is 5.43 Å². The average molecular weight is 414 g/mol. The Kier molecular flexibility index (Phi) is 5.49. The Labute approximate surface area is 163 Å². The minimum atomic E-state index is -0.411. The van der Waals surface area contributed by atoms with Crippen LogP contribution >= 0.6 is 46.1 Å². The summed E-state index contributed by atoms with van der Waals surface area (Å²) in [5.74, 6) is 0.117. The molecule has 0 radical (unpaired) electrons. The van der Waals surface area contributed by atoms with Gasteiger partial charge in [0.15, 0.2) is 0 Å². The summed E-state index contributed by atoms with van der Waals surface area (Å²) in [6.07, 6.45) is 1.52. The molecule has 0 bridgehead atoms. The first kappa shape index (κ1) is 18.0. The number of benzene rings is 2. The summed E-state index contributed by atoms with van der Waals surface area (Å²) in [5.41, 5.74) is 3.27. The summed E-state index contributed by atoms with van der Waals surface area (Å²) in [6, 6.07) is 10.5. The van der Waals surface area contributed by atoms with Gasteiger partial charge in [-0.15, -0.1) is 11.3 Å². The predicted molar refractivity (Wildman–Crippen MR) is 105 cm³/mol. The van der Waals surface area contributed by atoms with E-state index < -0.39 is 5.91 Å². The van der Waals surface area contributed by atoms with Crippen molar-refractivity contribution in [2.75, 3.05) is 7.11 Å². The van der Waals surface area contributed by atoms with Crippen LogP contribution in [-0.2, 0) is 0 Å². The Balaban J connectivity index is 1.83. The van der Waals surface area contributed by atoms with Crippen molar-refractivity contribution in [1.29, 1.82) is 0 Å². The third kappa shape index (κ3) is 3.75. The lowest BCUT2D eigenvalue weighted by molar-refractivity contribution is 0.0959. The van der Waals surface area contributed by atoms with Crippen LogP contribution < -0.4 is 10.2 Å². The average Bonchev–Trinajstić information content (AvgIpc) is 2.95. The maximum absolute atomic E-state index is 12.4. The number of rotatable bonds is 4. The van der Waals surface area contributed by atoms with Crippen LogP contribution in [0.4, 0.5) is 0 Å². The Morgan fingerprint density at radius 3 is 2.52 bits per heavy atom. The van der Waals surface area contributed by atoms with Gasteiger partial charge >= 0.3 is 0 Å². The molecule has 0 saturated carbocycles. The van der Waals surface area contributed by atoms with Crippen LogP contribution in [0.1, 0.15) is 15.2 Å². The highest BCUT2D eigenvalue weighted by molar-refractivity contribution is 7.22. The van der Waals surface area contributed by atoms with Crippen molar-refractivity contribution in [3.8, 4) is 5.75 Å². The van der Waals surface area contributed by atoms with Crippen molar-refractivity contribution in [3.05, 3.63) is 61.9 Å². The van der Waals surface area contributed by atoms with Crippen LogP contribution in [-0.4, -0.2) is 19.2 Å². The van der Waals surface area contributed by atoms with Gasteiger partial charge < -0.3 is 4.74 Å². The summed E-state index contributed by atoms with van der Waals surface area (Å²) >= 11 is 19.6. The highest BCUT2D eigenvalue weighted by atomic mass is 35.5. The molecule has 128 valence electrons. The molecule has 25 heavy (non-hydrogen) atoms. The van der Waals surface area contributed by atoms with Gasteiger partial charge in [-0.2, -0.15) is 5.10 Å². The number of fused-ring (bicyclic) bond motifs is 1. The molecule has 2 aromatic carbocycles. The SMILES string of the molecule is COc1ccc2c(Cl)c(C(=O)N/N=C/c3ccc(Cl)cc3)sc2c1Cl. The zero-order valence-electron chi connectivity index (χ0n) is 12.8. The first-order chi connectivity index (χ1) is 12.0. The summed E-state index contributed by atoms with van der Waals surface area (Å²) in [6.45, 7) is 0. The molecule has 4 nitrogen and oxygen atoms in total. The fourth-order valence-corrected chi connectivity index (χ4v) is 4.06.